The summed E-state index contributed by atoms with van der Waals surface area (Å²) in [5.41, 5.74) is 0. The van der Waals surface area contributed by atoms with Crippen LogP contribution in [0.4, 0.5) is 0 Å². The Balaban J connectivity index is 2.43. The van der Waals surface area contributed by atoms with Gasteiger partial charge in [0.05, 0.1) is 11.4 Å². The smallest absolute Gasteiger partial charge is 0.241 e. The summed E-state index contributed by atoms with van der Waals surface area (Å²) in [6.07, 6.45) is 0.673. The minimum absolute atomic E-state index is 0.0640. The molecule has 8 heteroatoms. The van der Waals surface area contributed by atoms with E-state index in [9.17, 15) is 13.2 Å². The van der Waals surface area contributed by atoms with Gasteiger partial charge < -0.3 is 10.1 Å². The van der Waals surface area contributed by atoms with Crippen molar-refractivity contribution in [3.8, 4) is 0 Å². The van der Waals surface area contributed by atoms with E-state index in [0.717, 1.165) is 0 Å². The van der Waals surface area contributed by atoms with Gasteiger partial charge in [0.1, 0.15) is 0 Å². The van der Waals surface area contributed by atoms with Crippen LogP contribution in [0.5, 0.6) is 0 Å². The molecule has 1 aromatic carbocycles. The standard InChI is InChI=1S/C12H17ClN2O4S/c1-19-8-2-7-14-12(16)9-15-20(17,18)11-5-3-10(13)4-6-11/h3-6,15H,2,7-9H2,1H3,(H,14,16). The number of hydrogen-bond donors (Lipinski definition) is 2. The summed E-state index contributed by atoms with van der Waals surface area (Å²) in [4.78, 5) is 11.5. The van der Waals surface area contributed by atoms with Gasteiger partial charge in [-0.15, -0.1) is 0 Å². The summed E-state index contributed by atoms with van der Waals surface area (Å²) in [5.74, 6) is -0.390. The van der Waals surface area contributed by atoms with Crippen LogP contribution < -0.4 is 10.0 Å². The molecule has 0 bridgehead atoms. The molecule has 0 radical (unpaired) electrons. The minimum atomic E-state index is -3.70. The Morgan fingerprint density at radius 1 is 1.30 bits per heavy atom. The van der Waals surface area contributed by atoms with E-state index in [-0.39, 0.29) is 11.4 Å². The molecular formula is C12H17ClN2O4S. The SMILES string of the molecule is COCCCNC(=O)CNS(=O)(=O)c1ccc(Cl)cc1. The summed E-state index contributed by atoms with van der Waals surface area (Å²) in [7, 11) is -2.13. The van der Waals surface area contributed by atoms with E-state index in [2.05, 4.69) is 10.0 Å². The van der Waals surface area contributed by atoms with Crippen LogP contribution in [0.2, 0.25) is 5.02 Å². The molecule has 2 N–H and O–H groups in total. The molecule has 0 unspecified atom stereocenters. The fraction of sp³-hybridized carbons (Fsp3) is 0.417. The van der Waals surface area contributed by atoms with Crippen LogP contribution in [0.1, 0.15) is 6.42 Å². The summed E-state index contributed by atoms with van der Waals surface area (Å²) in [6.45, 7) is 0.671. The van der Waals surface area contributed by atoms with Crippen molar-refractivity contribution in [2.24, 2.45) is 0 Å². The van der Waals surface area contributed by atoms with Gasteiger partial charge in [-0.25, -0.2) is 13.1 Å². The minimum Gasteiger partial charge on any atom is -0.385 e. The normalized spacial score (nSPS) is 11.3. The molecule has 0 spiro atoms. The molecule has 0 atom stereocenters. The third kappa shape index (κ3) is 5.87. The van der Waals surface area contributed by atoms with E-state index >= 15 is 0 Å². The summed E-state index contributed by atoms with van der Waals surface area (Å²) < 4.78 is 30.8. The molecule has 1 amide bonds. The monoisotopic (exact) mass is 320 g/mol. The molecule has 0 aliphatic heterocycles. The number of rotatable bonds is 8. The van der Waals surface area contributed by atoms with Gasteiger partial charge >= 0.3 is 0 Å². The Hall–Kier alpha value is -1.15. The lowest BCUT2D eigenvalue weighted by molar-refractivity contribution is -0.120. The zero-order chi connectivity index (χ0) is 15.0. The van der Waals surface area contributed by atoms with E-state index in [1.165, 1.54) is 24.3 Å². The molecule has 0 saturated carbocycles. The number of hydrogen-bond acceptors (Lipinski definition) is 4. The van der Waals surface area contributed by atoms with Crippen LogP contribution in [0, 0.1) is 0 Å². The number of benzene rings is 1. The highest BCUT2D eigenvalue weighted by atomic mass is 35.5. The highest BCUT2D eigenvalue weighted by Gasteiger charge is 2.14. The molecule has 0 saturated heterocycles. The fourth-order valence-electron chi connectivity index (χ4n) is 1.36. The fourth-order valence-corrected chi connectivity index (χ4v) is 2.47. The predicted octanol–water partition coefficient (Wildman–Crippen LogP) is 0.771. The topological polar surface area (TPSA) is 84.5 Å². The van der Waals surface area contributed by atoms with Crippen molar-refractivity contribution in [2.45, 2.75) is 11.3 Å². The van der Waals surface area contributed by atoms with Crippen LogP contribution in [0.25, 0.3) is 0 Å². The molecule has 6 nitrogen and oxygen atoms in total. The van der Waals surface area contributed by atoms with Gasteiger partial charge in [-0.05, 0) is 30.7 Å². The second-order valence-electron chi connectivity index (χ2n) is 3.97. The van der Waals surface area contributed by atoms with Crippen molar-refractivity contribution in [1.29, 1.82) is 0 Å². The van der Waals surface area contributed by atoms with E-state index in [0.29, 0.717) is 24.6 Å². The first-order chi connectivity index (χ1) is 9.45. The molecule has 112 valence electrons. The van der Waals surface area contributed by atoms with Crippen LogP contribution in [-0.4, -0.2) is 41.1 Å². The van der Waals surface area contributed by atoms with Gasteiger partial charge in [0, 0.05) is 25.3 Å². The first-order valence-electron chi connectivity index (χ1n) is 5.96. The lowest BCUT2D eigenvalue weighted by Crippen LogP contribution is -2.37. The van der Waals surface area contributed by atoms with Crippen LogP contribution in [-0.2, 0) is 19.6 Å². The molecule has 20 heavy (non-hydrogen) atoms. The molecule has 0 aliphatic rings. The zero-order valence-corrected chi connectivity index (χ0v) is 12.6. The Bertz CT molecular complexity index is 531. The van der Waals surface area contributed by atoms with Gasteiger partial charge in [0.25, 0.3) is 0 Å². The molecule has 0 aromatic heterocycles. The van der Waals surface area contributed by atoms with E-state index < -0.39 is 15.9 Å². The summed E-state index contributed by atoms with van der Waals surface area (Å²) >= 11 is 5.68. The largest absolute Gasteiger partial charge is 0.385 e. The van der Waals surface area contributed by atoms with Gasteiger partial charge in [0.2, 0.25) is 15.9 Å². The number of sulfonamides is 1. The molecular weight excluding hydrogens is 304 g/mol. The van der Waals surface area contributed by atoms with Gasteiger partial charge in [-0.1, -0.05) is 11.6 Å². The molecule has 1 rings (SSSR count). The highest BCUT2D eigenvalue weighted by Crippen LogP contribution is 2.13. The first kappa shape index (κ1) is 16.9. The average Bonchev–Trinajstić information content (AvgIpc) is 2.42. The highest BCUT2D eigenvalue weighted by molar-refractivity contribution is 7.89. The summed E-state index contributed by atoms with van der Waals surface area (Å²) in [6, 6.07) is 5.70. The van der Waals surface area contributed by atoms with Crippen LogP contribution in [0.3, 0.4) is 0 Å². The Labute approximate surface area is 123 Å². The van der Waals surface area contributed by atoms with Gasteiger partial charge in [0.15, 0.2) is 0 Å². The third-order valence-electron chi connectivity index (χ3n) is 2.39. The summed E-state index contributed by atoms with van der Waals surface area (Å²) in [5, 5.41) is 3.03. The number of carbonyl (C=O) groups excluding carboxylic acids is 1. The van der Waals surface area contributed by atoms with Gasteiger partial charge in [-0.2, -0.15) is 0 Å². The maximum Gasteiger partial charge on any atom is 0.241 e. The number of nitrogens with one attached hydrogen (secondary N) is 2. The number of methoxy groups -OCH3 is 1. The first-order valence-corrected chi connectivity index (χ1v) is 7.82. The number of halogens is 1. The number of ether oxygens (including phenoxy) is 1. The van der Waals surface area contributed by atoms with Crippen molar-refractivity contribution in [3.05, 3.63) is 29.3 Å². The second kappa shape index (κ2) is 8.21. The lowest BCUT2D eigenvalue weighted by atomic mass is 10.4. The van der Waals surface area contributed by atoms with Gasteiger partial charge in [-0.3, -0.25) is 4.79 Å². The van der Waals surface area contributed by atoms with E-state index in [4.69, 9.17) is 16.3 Å². The maximum atomic E-state index is 11.9. The maximum absolute atomic E-state index is 11.9. The molecule has 0 fully saturated rings. The van der Waals surface area contributed by atoms with E-state index in [1.54, 1.807) is 7.11 Å². The van der Waals surface area contributed by atoms with Crippen LogP contribution >= 0.6 is 11.6 Å². The van der Waals surface area contributed by atoms with E-state index in [1.807, 2.05) is 0 Å². The molecule has 0 aliphatic carbocycles. The van der Waals surface area contributed by atoms with Crippen molar-refractivity contribution in [2.75, 3.05) is 26.8 Å². The Kier molecular flexibility index (Phi) is 6.94. The average molecular weight is 321 g/mol. The van der Waals surface area contributed by atoms with Crippen molar-refractivity contribution < 1.29 is 17.9 Å². The molecule has 0 heterocycles. The number of amides is 1. The Morgan fingerprint density at radius 2 is 1.95 bits per heavy atom. The lowest BCUT2D eigenvalue weighted by Gasteiger charge is -2.07. The quantitative estimate of drug-likeness (QED) is 0.693. The molecule has 1 aromatic rings. The third-order valence-corrected chi connectivity index (χ3v) is 4.06. The second-order valence-corrected chi connectivity index (χ2v) is 6.18. The Morgan fingerprint density at radius 3 is 2.55 bits per heavy atom. The van der Waals surface area contributed by atoms with Crippen molar-refractivity contribution in [1.82, 2.24) is 10.0 Å². The van der Waals surface area contributed by atoms with Crippen molar-refractivity contribution in [3.63, 3.8) is 0 Å². The van der Waals surface area contributed by atoms with Crippen molar-refractivity contribution >= 4 is 27.5 Å². The van der Waals surface area contributed by atoms with Crippen LogP contribution in [0.15, 0.2) is 29.2 Å². The zero-order valence-electron chi connectivity index (χ0n) is 11.1. The predicted molar refractivity (Wildman–Crippen MR) is 76.1 cm³/mol. The number of carbonyl (C=O) groups is 1.